The van der Waals surface area contributed by atoms with Gasteiger partial charge in [-0.1, -0.05) is 11.6 Å². The van der Waals surface area contributed by atoms with Gasteiger partial charge < -0.3 is 14.8 Å². The molecule has 22 heavy (non-hydrogen) atoms. The summed E-state index contributed by atoms with van der Waals surface area (Å²) < 4.78 is 40.1. The number of nitrogens with one attached hydrogen (secondary N) is 1. The summed E-state index contributed by atoms with van der Waals surface area (Å²) in [6.07, 6.45) is 0.808. The summed E-state index contributed by atoms with van der Waals surface area (Å²) in [4.78, 5) is 22.4. The molecule has 0 aliphatic heterocycles. The standard InChI is InChI=1S/C12H12ClNO7S/c1-20-11(15)6-10(12(16)21-2)14-9-5-7(22(17,18)19)3-4-8(9)13/h3-6,14H,1-2H3,(H,17,18,19)/b10-6+. The van der Waals surface area contributed by atoms with E-state index in [-0.39, 0.29) is 16.4 Å². The summed E-state index contributed by atoms with van der Waals surface area (Å²) >= 11 is 5.87. The number of benzene rings is 1. The number of hydrogen-bond acceptors (Lipinski definition) is 7. The Hall–Kier alpha value is -2.10. The number of anilines is 1. The fraction of sp³-hybridized carbons (Fsp3) is 0.167. The molecule has 0 amide bonds. The van der Waals surface area contributed by atoms with Crippen LogP contribution in [0, 0.1) is 0 Å². The molecule has 1 aromatic carbocycles. The average Bonchev–Trinajstić information content (AvgIpc) is 2.46. The number of methoxy groups -OCH3 is 2. The van der Waals surface area contributed by atoms with Crippen LogP contribution in [-0.4, -0.2) is 39.1 Å². The highest BCUT2D eigenvalue weighted by Crippen LogP contribution is 2.26. The number of carbonyl (C=O) groups excluding carboxylic acids is 2. The van der Waals surface area contributed by atoms with Gasteiger partial charge in [0.15, 0.2) is 0 Å². The molecular formula is C12H12ClNO7S. The molecule has 0 fully saturated rings. The molecule has 0 radical (unpaired) electrons. The molecule has 0 saturated carbocycles. The van der Waals surface area contributed by atoms with Crippen LogP contribution in [0.15, 0.2) is 34.9 Å². The summed E-state index contributed by atoms with van der Waals surface area (Å²) in [6.45, 7) is 0. The van der Waals surface area contributed by atoms with Gasteiger partial charge in [-0.05, 0) is 18.2 Å². The van der Waals surface area contributed by atoms with E-state index in [2.05, 4.69) is 14.8 Å². The lowest BCUT2D eigenvalue weighted by Gasteiger charge is -2.11. The second-order valence-electron chi connectivity index (χ2n) is 3.81. The summed E-state index contributed by atoms with van der Waals surface area (Å²) in [5.41, 5.74) is -0.360. The highest BCUT2D eigenvalue weighted by molar-refractivity contribution is 7.85. The lowest BCUT2D eigenvalue weighted by Crippen LogP contribution is -2.16. The zero-order valence-corrected chi connectivity index (χ0v) is 13.1. The third kappa shape index (κ3) is 4.72. The quantitative estimate of drug-likeness (QED) is 0.463. The van der Waals surface area contributed by atoms with Crippen molar-refractivity contribution in [1.82, 2.24) is 0 Å². The van der Waals surface area contributed by atoms with Crippen molar-refractivity contribution in [2.45, 2.75) is 4.90 Å². The minimum absolute atomic E-state index is 0.0302. The largest absolute Gasteiger partial charge is 0.466 e. The third-order valence-corrected chi connectivity index (χ3v) is 3.55. The maximum atomic E-state index is 11.6. The SMILES string of the molecule is COC(=O)/C=C(/Nc1cc(S(=O)(=O)O)ccc1Cl)C(=O)OC. The molecule has 0 unspecified atom stereocenters. The van der Waals surface area contributed by atoms with Crippen LogP contribution >= 0.6 is 11.6 Å². The van der Waals surface area contributed by atoms with E-state index in [9.17, 15) is 18.0 Å². The van der Waals surface area contributed by atoms with Crippen molar-refractivity contribution in [2.24, 2.45) is 0 Å². The van der Waals surface area contributed by atoms with Gasteiger partial charge in [-0.25, -0.2) is 9.59 Å². The Morgan fingerprint density at radius 1 is 1.27 bits per heavy atom. The van der Waals surface area contributed by atoms with Crippen LogP contribution < -0.4 is 5.32 Å². The number of esters is 2. The normalized spacial score (nSPS) is 11.7. The number of carbonyl (C=O) groups is 2. The molecule has 0 aromatic heterocycles. The molecule has 1 aromatic rings. The minimum atomic E-state index is -4.46. The molecule has 0 saturated heterocycles. The van der Waals surface area contributed by atoms with E-state index < -0.39 is 27.0 Å². The van der Waals surface area contributed by atoms with Crippen LogP contribution in [0.4, 0.5) is 5.69 Å². The maximum Gasteiger partial charge on any atom is 0.354 e. The van der Waals surface area contributed by atoms with Crippen LogP contribution in [-0.2, 0) is 29.2 Å². The lowest BCUT2D eigenvalue weighted by molar-refractivity contribution is -0.138. The van der Waals surface area contributed by atoms with Gasteiger partial charge in [0.1, 0.15) is 5.70 Å². The topological polar surface area (TPSA) is 119 Å². The van der Waals surface area contributed by atoms with Crippen LogP contribution in [0.3, 0.4) is 0 Å². The van der Waals surface area contributed by atoms with Gasteiger partial charge in [0, 0.05) is 0 Å². The number of halogens is 1. The van der Waals surface area contributed by atoms with Gasteiger partial charge in [0.2, 0.25) is 0 Å². The van der Waals surface area contributed by atoms with E-state index in [0.717, 1.165) is 32.4 Å². The molecule has 10 heteroatoms. The van der Waals surface area contributed by atoms with Gasteiger partial charge in [0.05, 0.1) is 35.9 Å². The lowest BCUT2D eigenvalue weighted by atomic mass is 10.3. The second-order valence-corrected chi connectivity index (χ2v) is 5.64. The molecule has 120 valence electrons. The Kier molecular flexibility index (Phi) is 5.92. The Morgan fingerprint density at radius 2 is 1.91 bits per heavy atom. The van der Waals surface area contributed by atoms with Crippen molar-refractivity contribution < 1.29 is 32.0 Å². The summed E-state index contributed by atoms with van der Waals surface area (Å²) in [5, 5.41) is 2.50. The molecule has 0 aliphatic carbocycles. The average molecular weight is 350 g/mol. The number of hydrogen-bond donors (Lipinski definition) is 2. The van der Waals surface area contributed by atoms with Crippen molar-refractivity contribution in [3.05, 3.63) is 35.0 Å². The predicted octanol–water partition coefficient (Wildman–Crippen LogP) is 1.23. The molecule has 0 bridgehead atoms. The van der Waals surface area contributed by atoms with Crippen LogP contribution in [0.1, 0.15) is 0 Å². The monoisotopic (exact) mass is 349 g/mol. The first kappa shape index (κ1) is 18.0. The highest BCUT2D eigenvalue weighted by Gasteiger charge is 2.17. The molecule has 0 aliphatic rings. The van der Waals surface area contributed by atoms with Crippen molar-refractivity contribution >= 4 is 39.3 Å². The first-order valence-corrected chi connectivity index (χ1v) is 7.43. The fourth-order valence-electron chi connectivity index (χ4n) is 1.34. The molecular weight excluding hydrogens is 338 g/mol. The van der Waals surface area contributed by atoms with Crippen LogP contribution in [0.2, 0.25) is 5.02 Å². The molecule has 8 nitrogen and oxygen atoms in total. The van der Waals surface area contributed by atoms with Crippen molar-refractivity contribution in [2.75, 3.05) is 19.5 Å². The van der Waals surface area contributed by atoms with Gasteiger partial charge in [-0.2, -0.15) is 8.42 Å². The molecule has 0 atom stereocenters. The number of rotatable bonds is 5. The van der Waals surface area contributed by atoms with Gasteiger partial charge >= 0.3 is 11.9 Å². The van der Waals surface area contributed by atoms with E-state index in [1.165, 1.54) is 6.07 Å². The predicted molar refractivity (Wildman–Crippen MR) is 77.0 cm³/mol. The van der Waals surface area contributed by atoms with Gasteiger partial charge in [-0.3, -0.25) is 4.55 Å². The van der Waals surface area contributed by atoms with Crippen LogP contribution in [0.5, 0.6) is 0 Å². The first-order valence-electron chi connectivity index (χ1n) is 5.61. The Labute approximate surface area is 131 Å². The smallest absolute Gasteiger partial charge is 0.354 e. The second kappa shape index (κ2) is 7.25. The zero-order valence-electron chi connectivity index (χ0n) is 11.5. The Balaban J connectivity index is 3.27. The van der Waals surface area contributed by atoms with Crippen molar-refractivity contribution in [3.8, 4) is 0 Å². The molecule has 0 heterocycles. The van der Waals surface area contributed by atoms with Gasteiger partial charge in [-0.15, -0.1) is 0 Å². The minimum Gasteiger partial charge on any atom is -0.466 e. The zero-order chi connectivity index (χ0) is 16.9. The summed E-state index contributed by atoms with van der Waals surface area (Å²) in [7, 11) is -2.26. The van der Waals surface area contributed by atoms with E-state index in [0.29, 0.717) is 0 Å². The fourth-order valence-corrected chi connectivity index (χ4v) is 2.01. The highest BCUT2D eigenvalue weighted by atomic mass is 35.5. The molecule has 0 spiro atoms. The molecule has 1 rings (SSSR count). The Bertz CT molecular complexity index is 727. The van der Waals surface area contributed by atoms with Crippen LogP contribution in [0.25, 0.3) is 0 Å². The molecule has 2 N–H and O–H groups in total. The number of ether oxygens (including phenoxy) is 2. The summed E-state index contributed by atoms with van der Waals surface area (Å²) in [5.74, 6) is -1.74. The first-order chi connectivity index (χ1) is 10.2. The van der Waals surface area contributed by atoms with Crippen molar-refractivity contribution in [3.63, 3.8) is 0 Å². The van der Waals surface area contributed by atoms with E-state index >= 15 is 0 Å². The Morgan fingerprint density at radius 3 is 2.41 bits per heavy atom. The third-order valence-electron chi connectivity index (χ3n) is 2.37. The van der Waals surface area contributed by atoms with Crippen molar-refractivity contribution in [1.29, 1.82) is 0 Å². The maximum absolute atomic E-state index is 11.6. The van der Waals surface area contributed by atoms with E-state index in [4.69, 9.17) is 16.2 Å². The summed E-state index contributed by atoms with van der Waals surface area (Å²) in [6, 6.07) is 3.26. The van der Waals surface area contributed by atoms with E-state index in [1.54, 1.807) is 0 Å². The van der Waals surface area contributed by atoms with E-state index in [1.807, 2.05) is 0 Å². The van der Waals surface area contributed by atoms with Gasteiger partial charge in [0.25, 0.3) is 10.1 Å².